The molecule has 0 saturated carbocycles. The SMILES string of the molecule is C=C1C=C(C)C(c2sc(C)cc2C)=[S+]1. The minimum atomic E-state index is 1.16. The highest BCUT2D eigenvalue weighted by atomic mass is 32.1. The van der Waals surface area contributed by atoms with Gasteiger partial charge in [-0.1, -0.05) is 0 Å². The molecule has 1 aromatic heterocycles. The van der Waals surface area contributed by atoms with Gasteiger partial charge in [0, 0.05) is 16.5 Å². The molecule has 0 radical (unpaired) electrons. The van der Waals surface area contributed by atoms with Gasteiger partial charge in [-0.25, -0.2) is 0 Å². The van der Waals surface area contributed by atoms with Crippen LogP contribution in [0, 0.1) is 13.8 Å². The highest BCUT2D eigenvalue weighted by molar-refractivity contribution is 7.84. The molecule has 72 valence electrons. The van der Waals surface area contributed by atoms with E-state index >= 15 is 0 Å². The monoisotopic (exact) mass is 221 g/mol. The Kier molecular flexibility index (Phi) is 2.41. The van der Waals surface area contributed by atoms with Crippen molar-refractivity contribution in [2.45, 2.75) is 20.8 Å². The fraction of sp³-hybridized carbons (Fsp3) is 0.250. The van der Waals surface area contributed by atoms with Crippen molar-refractivity contribution < 1.29 is 0 Å². The Balaban J connectivity index is 2.52. The largest absolute Gasteiger partial charge is 0.251 e. The summed E-state index contributed by atoms with van der Waals surface area (Å²) in [5, 5.41) is 0. The zero-order chi connectivity index (χ0) is 10.3. The van der Waals surface area contributed by atoms with E-state index in [0.29, 0.717) is 0 Å². The maximum absolute atomic E-state index is 3.99. The molecule has 0 aromatic carbocycles. The molecule has 2 heterocycles. The molecule has 1 aliphatic heterocycles. The summed E-state index contributed by atoms with van der Waals surface area (Å²) in [6, 6.07) is 2.25. The van der Waals surface area contributed by atoms with E-state index in [4.69, 9.17) is 0 Å². The third kappa shape index (κ3) is 1.60. The van der Waals surface area contributed by atoms with Gasteiger partial charge in [-0.05, 0) is 39.0 Å². The average Bonchev–Trinajstić information content (AvgIpc) is 2.55. The molecule has 0 spiro atoms. The van der Waals surface area contributed by atoms with Crippen LogP contribution in [-0.2, 0) is 11.4 Å². The van der Waals surface area contributed by atoms with Crippen LogP contribution in [0.5, 0.6) is 0 Å². The highest BCUT2D eigenvalue weighted by Crippen LogP contribution is 2.27. The van der Waals surface area contributed by atoms with Crippen LogP contribution in [0.3, 0.4) is 0 Å². The van der Waals surface area contributed by atoms with E-state index in [1.54, 1.807) is 11.4 Å². The van der Waals surface area contributed by atoms with Crippen LogP contribution in [0.15, 0.2) is 29.2 Å². The number of hydrogen-bond donors (Lipinski definition) is 0. The molecule has 0 fully saturated rings. The van der Waals surface area contributed by atoms with Gasteiger partial charge in [-0.15, -0.1) is 11.3 Å². The lowest BCUT2D eigenvalue weighted by atomic mass is 10.1. The van der Waals surface area contributed by atoms with Gasteiger partial charge in [0.05, 0.1) is 4.88 Å². The lowest BCUT2D eigenvalue weighted by Gasteiger charge is -1.91. The van der Waals surface area contributed by atoms with E-state index in [9.17, 15) is 0 Å². The van der Waals surface area contributed by atoms with Crippen LogP contribution in [-0.4, -0.2) is 4.86 Å². The topological polar surface area (TPSA) is 0 Å². The zero-order valence-electron chi connectivity index (χ0n) is 8.68. The van der Waals surface area contributed by atoms with Crippen molar-refractivity contribution in [3.05, 3.63) is 44.5 Å². The Bertz CT molecular complexity index is 459. The molecule has 1 aliphatic rings. The molecule has 2 rings (SSSR count). The van der Waals surface area contributed by atoms with E-state index < -0.39 is 0 Å². The Morgan fingerprint density at radius 1 is 1.29 bits per heavy atom. The van der Waals surface area contributed by atoms with E-state index in [1.165, 1.54) is 25.8 Å². The molecule has 0 bridgehead atoms. The van der Waals surface area contributed by atoms with Crippen molar-refractivity contribution in [3.8, 4) is 0 Å². The smallest absolute Gasteiger partial charge is 0.135 e. The minimum Gasteiger partial charge on any atom is -0.135 e. The summed E-state index contributed by atoms with van der Waals surface area (Å²) < 4.78 is 0. The van der Waals surface area contributed by atoms with Crippen molar-refractivity contribution in [2.75, 3.05) is 0 Å². The van der Waals surface area contributed by atoms with Gasteiger partial charge in [0.15, 0.2) is 0 Å². The van der Waals surface area contributed by atoms with E-state index in [-0.39, 0.29) is 0 Å². The van der Waals surface area contributed by atoms with Gasteiger partial charge in [0.2, 0.25) is 16.3 Å². The number of hydrogen-bond acceptors (Lipinski definition) is 1. The van der Waals surface area contributed by atoms with Gasteiger partial charge in [0.25, 0.3) is 4.86 Å². The van der Waals surface area contributed by atoms with Crippen LogP contribution in [0.4, 0.5) is 0 Å². The zero-order valence-corrected chi connectivity index (χ0v) is 10.3. The third-order valence-electron chi connectivity index (χ3n) is 2.22. The number of aryl methyl sites for hydroxylation is 2. The third-order valence-corrected chi connectivity index (χ3v) is 4.63. The number of allylic oxidation sites excluding steroid dienone is 2. The molecule has 1 aromatic rings. The van der Waals surface area contributed by atoms with Crippen molar-refractivity contribution >= 4 is 27.6 Å². The first-order valence-electron chi connectivity index (χ1n) is 4.57. The Morgan fingerprint density at radius 3 is 2.43 bits per heavy atom. The summed E-state index contributed by atoms with van der Waals surface area (Å²) in [4.78, 5) is 5.35. The predicted octanol–water partition coefficient (Wildman–Crippen LogP) is 3.44. The molecule has 0 nitrogen and oxygen atoms in total. The molecule has 0 saturated heterocycles. The molecular formula is C12H13S2+. The first-order valence-corrected chi connectivity index (χ1v) is 6.21. The fourth-order valence-electron chi connectivity index (χ4n) is 1.64. The van der Waals surface area contributed by atoms with Gasteiger partial charge >= 0.3 is 0 Å². The minimum absolute atomic E-state index is 1.16. The summed E-state index contributed by atoms with van der Waals surface area (Å²) in [7, 11) is 0. The van der Waals surface area contributed by atoms with E-state index in [2.05, 4.69) is 39.5 Å². The van der Waals surface area contributed by atoms with Crippen molar-refractivity contribution in [1.82, 2.24) is 0 Å². The second kappa shape index (κ2) is 3.44. The Labute approximate surface area is 92.9 Å². The maximum Gasteiger partial charge on any atom is 0.251 e. The molecule has 0 aliphatic carbocycles. The summed E-state index contributed by atoms with van der Waals surface area (Å²) in [6.45, 7) is 10.5. The average molecular weight is 221 g/mol. The molecule has 2 heteroatoms. The quantitative estimate of drug-likeness (QED) is 0.503. The van der Waals surface area contributed by atoms with Crippen LogP contribution < -0.4 is 0 Å². The first-order chi connectivity index (χ1) is 6.58. The van der Waals surface area contributed by atoms with E-state index in [1.807, 2.05) is 11.3 Å². The van der Waals surface area contributed by atoms with Crippen molar-refractivity contribution in [1.29, 1.82) is 0 Å². The molecule has 0 amide bonds. The lowest BCUT2D eigenvalue weighted by Crippen LogP contribution is -1.98. The van der Waals surface area contributed by atoms with Crippen LogP contribution >= 0.6 is 11.3 Å². The Hall–Kier alpha value is -0.730. The van der Waals surface area contributed by atoms with Gasteiger partial charge < -0.3 is 0 Å². The number of thiophene rings is 1. The molecule has 0 N–H and O–H groups in total. The summed E-state index contributed by atoms with van der Waals surface area (Å²) >= 11 is 3.67. The molecular weight excluding hydrogens is 208 g/mol. The Morgan fingerprint density at radius 2 is 2.00 bits per heavy atom. The second-order valence-corrected chi connectivity index (χ2v) is 5.99. The normalized spacial score (nSPS) is 15.8. The first kappa shape index (κ1) is 9.81. The van der Waals surface area contributed by atoms with Gasteiger partial charge in [-0.3, -0.25) is 0 Å². The summed E-state index contributed by atoms with van der Waals surface area (Å²) in [5.41, 5.74) is 2.74. The second-order valence-electron chi connectivity index (χ2n) is 3.59. The molecule has 14 heavy (non-hydrogen) atoms. The molecule has 0 atom stereocenters. The van der Waals surface area contributed by atoms with Crippen LogP contribution in [0.25, 0.3) is 0 Å². The molecule has 0 unspecified atom stereocenters. The lowest BCUT2D eigenvalue weighted by molar-refractivity contribution is 1.49. The van der Waals surface area contributed by atoms with Gasteiger partial charge in [0.1, 0.15) is 0 Å². The predicted molar refractivity (Wildman–Crippen MR) is 68.2 cm³/mol. The van der Waals surface area contributed by atoms with Gasteiger partial charge in [-0.2, -0.15) is 0 Å². The van der Waals surface area contributed by atoms with Crippen LogP contribution in [0.2, 0.25) is 0 Å². The number of rotatable bonds is 1. The standard InChI is InChI=1S/C12H13S2/c1-7-5-9(3)13-11(7)12-8(2)6-10(4)14-12/h5-6H,3H2,1-2,4H3/q+1. The van der Waals surface area contributed by atoms with Crippen molar-refractivity contribution in [2.24, 2.45) is 0 Å². The van der Waals surface area contributed by atoms with Crippen LogP contribution in [0.1, 0.15) is 22.2 Å². The fourth-order valence-corrected chi connectivity index (χ4v) is 3.89. The summed E-state index contributed by atoms with van der Waals surface area (Å²) in [6.07, 6.45) is 2.16. The van der Waals surface area contributed by atoms with Crippen molar-refractivity contribution in [3.63, 3.8) is 0 Å². The highest BCUT2D eigenvalue weighted by Gasteiger charge is 2.27. The summed E-state index contributed by atoms with van der Waals surface area (Å²) in [5.74, 6) is 0. The maximum atomic E-state index is 3.99. The van der Waals surface area contributed by atoms with E-state index in [0.717, 1.165) is 4.91 Å².